The number of esters is 1. The van der Waals surface area contributed by atoms with Gasteiger partial charge in [0.1, 0.15) is 12.3 Å². The minimum atomic E-state index is -0.310. The fourth-order valence-corrected chi connectivity index (χ4v) is 1.34. The minimum Gasteiger partial charge on any atom is -0.467 e. The van der Waals surface area contributed by atoms with E-state index in [-0.39, 0.29) is 18.7 Å². The van der Waals surface area contributed by atoms with Crippen LogP contribution in [0.2, 0.25) is 0 Å². The molecule has 16 heavy (non-hydrogen) atoms. The number of rotatable bonds is 3. The van der Waals surface area contributed by atoms with Crippen LogP contribution in [-0.2, 0) is 14.3 Å². The molecule has 5 nitrogen and oxygen atoms in total. The first-order valence-electron chi connectivity index (χ1n) is 5.01. The van der Waals surface area contributed by atoms with Gasteiger partial charge in [0.15, 0.2) is 6.10 Å². The van der Waals surface area contributed by atoms with E-state index >= 15 is 0 Å². The standard InChI is InChI=1S/C11H12N2O3/c1-8(14)15-7-9-6-13-11(16-9)10-4-2-3-5-12-10/h2-5,9H,6-7H2,1H3. The number of carbonyl (C=O) groups excluding carboxylic acids is 1. The predicted octanol–water partition coefficient (Wildman–Crippen LogP) is 0.790. The number of aromatic nitrogens is 1. The van der Waals surface area contributed by atoms with Crippen molar-refractivity contribution in [1.29, 1.82) is 0 Å². The Labute approximate surface area is 93.1 Å². The average Bonchev–Trinajstić information content (AvgIpc) is 2.76. The summed E-state index contributed by atoms with van der Waals surface area (Å²) in [6.45, 7) is 2.10. The molecule has 0 saturated heterocycles. The summed E-state index contributed by atoms with van der Waals surface area (Å²) in [5.74, 6) is 0.202. The van der Waals surface area contributed by atoms with Crippen LogP contribution >= 0.6 is 0 Å². The molecule has 0 bridgehead atoms. The van der Waals surface area contributed by atoms with Crippen molar-refractivity contribution in [2.45, 2.75) is 13.0 Å². The first-order chi connectivity index (χ1) is 7.75. The highest BCUT2D eigenvalue weighted by molar-refractivity contribution is 5.93. The Hall–Kier alpha value is -1.91. The highest BCUT2D eigenvalue weighted by Gasteiger charge is 2.22. The Morgan fingerprint density at radius 2 is 2.50 bits per heavy atom. The highest BCUT2D eigenvalue weighted by atomic mass is 16.6. The second-order valence-electron chi connectivity index (χ2n) is 3.40. The molecule has 0 spiro atoms. The highest BCUT2D eigenvalue weighted by Crippen LogP contribution is 2.10. The smallest absolute Gasteiger partial charge is 0.302 e. The summed E-state index contributed by atoms with van der Waals surface area (Å²) in [5, 5.41) is 0. The second-order valence-corrected chi connectivity index (χ2v) is 3.40. The van der Waals surface area contributed by atoms with Crippen LogP contribution in [0.1, 0.15) is 12.6 Å². The lowest BCUT2D eigenvalue weighted by atomic mass is 10.3. The number of ether oxygens (including phenoxy) is 2. The normalized spacial score (nSPS) is 18.8. The van der Waals surface area contributed by atoms with Crippen molar-refractivity contribution in [1.82, 2.24) is 4.98 Å². The zero-order valence-corrected chi connectivity index (χ0v) is 8.92. The third kappa shape index (κ3) is 2.56. The summed E-state index contributed by atoms with van der Waals surface area (Å²) in [7, 11) is 0. The topological polar surface area (TPSA) is 60.8 Å². The molecule has 2 heterocycles. The van der Waals surface area contributed by atoms with E-state index in [0.29, 0.717) is 18.1 Å². The molecule has 0 radical (unpaired) electrons. The van der Waals surface area contributed by atoms with Gasteiger partial charge >= 0.3 is 5.97 Å². The van der Waals surface area contributed by atoms with E-state index in [1.54, 1.807) is 6.20 Å². The van der Waals surface area contributed by atoms with Crippen molar-refractivity contribution >= 4 is 11.9 Å². The zero-order valence-electron chi connectivity index (χ0n) is 8.92. The molecule has 1 aromatic rings. The maximum absolute atomic E-state index is 10.6. The molecular formula is C11H12N2O3. The van der Waals surface area contributed by atoms with Crippen molar-refractivity contribution in [2.24, 2.45) is 4.99 Å². The van der Waals surface area contributed by atoms with Crippen LogP contribution in [0.4, 0.5) is 0 Å². The second kappa shape index (κ2) is 4.74. The lowest BCUT2D eigenvalue weighted by Crippen LogP contribution is -2.22. The van der Waals surface area contributed by atoms with E-state index in [0.717, 1.165) is 0 Å². The lowest BCUT2D eigenvalue weighted by molar-refractivity contribution is -0.143. The summed E-state index contributed by atoms with van der Waals surface area (Å²) >= 11 is 0. The van der Waals surface area contributed by atoms with Crippen LogP contribution < -0.4 is 0 Å². The fraction of sp³-hybridized carbons (Fsp3) is 0.364. The van der Waals surface area contributed by atoms with E-state index in [1.807, 2.05) is 18.2 Å². The first-order valence-corrected chi connectivity index (χ1v) is 5.01. The number of hydrogen-bond donors (Lipinski definition) is 0. The molecule has 0 aliphatic carbocycles. The Morgan fingerprint density at radius 3 is 3.19 bits per heavy atom. The van der Waals surface area contributed by atoms with Gasteiger partial charge in [-0.3, -0.25) is 9.78 Å². The van der Waals surface area contributed by atoms with Gasteiger partial charge in [-0.15, -0.1) is 0 Å². The monoisotopic (exact) mass is 220 g/mol. The molecule has 1 aromatic heterocycles. The van der Waals surface area contributed by atoms with Crippen LogP contribution in [-0.4, -0.2) is 36.1 Å². The van der Waals surface area contributed by atoms with Crippen molar-refractivity contribution in [2.75, 3.05) is 13.2 Å². The number of pyridine rings is 1. The van der Waals surface area contributed by atoms with Gasteiger partial charge in [0, 0.05) is 13.1 Å². The lowest BCUT2D eigenvalue weighted by Gasteiger charge is -2.10. The van der Waals surface area contributed by atoms with Crippen molar-refractivity contribution in [3.63, 3.8) is 0 Å². The molecule has 0 saturated carbocycles. The molecule has 1 atom stereocenters. The van der Waals surface area contributed by atoms with Gasteiger partial charge in [0.25, 0.3) is 0 Å². The molecule has 0 fully saturated rings. The molecule has 84 valence electrons. The molecule has 0 N–H and O–H groups in total. The van der Waals surface area contributed by atoms with Crippen LogP contribution in [0.25, 0.3) is 0 Å². The average molecular weight is 220 g/mol. The molecule has 1 aliphatic rings. The Kier molecular flexibility index (Phi) is 3.14. The summed E-state index contributed by atoms with van der Waals surface area (Å²) in [6.07, 6.45) is 1.49. The summed E-state index contributed by atoms with van der Waals surface area (Å²) in [6, 6.07) is 5.52. The quantitative estimate of drug-likeness (QED) is 0.706. The van der Waals surface area contributed by atoms with Gasteiger partial charge in [-0.05, 0) is 12.1 Å². The maximum Gasteiger partial charge on any atom is 0.302 e. The van der Waals surface area contributed by atoms with Gasteiger partial charge in [0.05, 0.1) is 6.54 Å². The molecule has 1 unspecified atom stereocenters. The molecule has 0 amide bonds. The maximum atomic E-state index is 10.6. The van der Waals surface area contributed by atoms with Crippen LogP contribution in [0.15, 0.2) is 29.4 Å². The number of aliphatic imine (C=N–C) groups is 1. The van der Waals surface area contributed by atoms with Crippen LogP contribution in [0, 0.1) is 0 Å². The predicted molar refractivity (Wildman–Crippen MR) is 57.1 cm³/mol. The van der Waals surface area contributed by atoms with Gasteiger partial charge in [-0.2, -0.15) is 0 Å². The van der Waals surface area contributed by atoms with Crippen molar-refractivity contribution < 1.29 is 14.3 Å². The van der Waals surface area contributed by atoms with E-state index in [1.165, 1.54) is 6.92 Å². The molecule has 0 aromatic carbocycles. The molecular weight excluding hydrogens is 208 g/mol. The minimum absolute atomic E-state index is 0.194. The molecule has 5 heteroatoms. The SMILES string of the molecule is CC(=O)OCC1CN=C(c2ccccn2)O1. The largest absolute Gasteiger partial charge is 0.467 e. The number of carbonyl (C=O) groups is 1. The fourth-order valence-electron chi connectivity index (χ4n) is 1.34. The molecule has 2 rings (SSSR count). The van der Waals surface area contributed by atoms with Gasteiger partial charge in [-0.1, -0.05) is 6.07 Å². The van der Waals surface area contributed by atoms with Crippen LogP contribution in [0.3, 0.4) is 0 Å². The van der Waals surface area contributed by atoms with Gasteiger partial charge in [-0.25, -0.2) is 4.99 Å². The Bertz CT molecular complexity index is 403. The summed E-state index contributed by atoms with van der Waals surface area (Å²) in [5.41, 5.74) is 0.702. The third-order valence-corrected chi connectivity index (χ3v) is 2.07. The third-order valence-electron chi connectivity index (χ3n) is 2.07. The van der Waals surface area contributed by atoms with Crippen molar-refractivity contribution in [3.8, 4) is 0 Å². The van der Waals surface area contributed by atoms with Gasteiger partial charge in [0.2, 0.25) is 5.90 Å². The Morgan fingerprint density at radius 1 is 1.62 bits per heavy atom. The summed E-state index contributed by atoms with van der Waals surface area (Å²) in [4.78, 5) is 19.0. The zero-order chi connectivity index (χ0) is 11.4. The van der Waals surface area contributed by atoms with Crippen LogP contribution in [0.5, 0.6) is 0 Å². The molecule has 1 aliphatic heterocycles. The summed E-state index contributed by atoms with van der Waals surface area (Å²) < 4.78 is 10.4. The van der Waals surface area contributed by atoms with Gasteiger partial charge < -0.3 is 9.47 Å². The van der Waals surface area contributed by atoms with Crippen molar-refractivity contribution in [3.05, 3.63) is 30.1 Å². The van der Waals surface area contributed by atoms with E-state index in [9.17, 15) is 4.79 Å². The van der Waals surface area contributed by atoms with E-state index < -0.39 is 0 Å². The first kappa shape index (κ1) is 10.6. The van der Waals surface area contributed by atoms with E-state index in [2.05, 4.69) is 9.98 Å². The number of nitrogens with zero attached hydrogens (tertiary/aromatic N) is 2. The Balaban J connectivity index is 1.90. The number of hydrogen-bond acceptors (Lipinski definition) is 5. The van der Waals surface area contributed by atoms with E-state index in [4.69, 9.17) is 9.47 Å².